The van der Waals surface area contributed by atoms with Crippen LogP contribution in [0.4, 0.5) is 0 Å². The summed E-state index contributed by atoms with van der Waals surface area (Å²) < 4.78 is 0. The van der Waals surface area contributed by atoms with Gasteiger partial charge in [-0.1, -0.05) is 73.1 Å². The van der Waals surface area contributed by atoms with Crippen LogP contribution >= 0.6 is 0 Å². The van der Waals surface area contributed by atoms with Gasteiger partial charge in [0.2, 0.25) is 0 Å². The Balaban J connectivity index is 3.28. The van der Waals surface area contributed by atoms with E-state index in [1.165, 1.54) is 44.9 Å². The van der Waals surface area contributed by atoms with Gasteiger partial charge in [-0.15, -0.1) is 0 Å². The van der Waals surface area contributed by atoms with Gasteiger partial charge in [-0.25, -0.2) is 0 Å². The molecule has 0 saturated heterocycles. The van der Waals surface area contributed by atoms with Crippen LogP contribution in [-0.2, 0) is 0 Å². The molecule has 0 aliphatic rings. The molecule has 0 spiro atoms. The topological polar surface area (TPSA) is 0 Å². The van der Waals surface area contributed by atoms with Crippen LogP contribution in [0.2, 0.25) is 0 Å². The molecule has 0 aromatic carbocycles. The van der Waals surface area contributed by atoms with Crippen molar-refractivity contribution in [3.8, 4) is 0 Å². The molecular formula is C14H29. The lowest BCUT2D eigenvalue weighted by atomic mass is 9.79. The molecular weight excluding hydrogens is 168 g/mol. The van der Waals surface area contributed by atoms with Gasteiger partial charge in [0.05, 0.1) is 0 Å². The van der Waals surface area contributed by atoms with Crippen molar-refractivity contribution in [1.82, 2.24) is 0 Å². The molecule has 0 saturated carbocycles. The molecule has 85 valence electrons. The van der Waals surface area contributed by atoms with Gasteiger partial charge in [0.1, 0.15) is 0 Å². The zero-order valence-corrected chi connectivity index (χ0v) is 10.9. The van der Waals surface area contributed by atoms with Crippen LogP contribution in [0, 0.1) is 11.3 Å². The first-order valence-corrected chi connectivity index (χ1v) is 6.31. The minimum Gasteiger partial charge on any atom is -0.0654 e. The van der Waals surface area contributed by atoms with E-state index in [2.05, 4.69) is 34.6 Å². The molecule has 0 aromatic heterocycles. The Morgan fingerprint density at radius 2 is 1.36 bits per heavy atom. The molecule has 0 aliphatic heterocycles. The van der Waals surface area contributed by atoms with Gasteiger partial charge in [-0.05, 0) is 17.8 Å². The van der Waals surface area contributed by atoms with Crippen LogP contribution in [0.25, 0.3) is 0 Å². The second-order valence-electron chi connectivity index (χ2n) is 5.55. The van der Waals surface area contributed by atoms with E-state index in [1.54, 1.807) is 5.92 Å². The predicted molar refractivity (Wildman–Crippen MR) is 66.4 cm³/mol. The highest BCUT2D eigenvalue weighted by Gasteiger charge is 2.19. The highest BCUT2D eigenvalue weighted by molar-refractivity contribution is 4.95. The van der Waals surface area contributed by atoms with Crippen molar-refractivity contribution in [2.75, 3.05) is 0 Å². The van der Waals surface area contributed by atoms with Crippen molar-refractivity contribution in [1.29, 1.82) is 0 Å². The molecule has 0 heterocycles. The molecule has 0 bridgehead atoms. The maximum atomic E-state index is 2.32. The second kappa shape index (κ2) is 7.31. The average molecular weight is 197 g/mol. The molecule has 0 nitrogen and oxygen atoms in total. The largest absolute Gasteiger partial charge is 0.0654 e. The van der Waals surface area contributed by atoms with Crippen LogP contribution in [0.15, 0.2) is 0 Å². The fourth-order valence-corrected chi connectivity index (χ4v) is 1.55. The maximum absolute atomic E-state index is 2.32. The molecule has 0 aliphatic carbocycles. The van der Waals surface area contributed by atoms with E-state index in [0.717, 1.165) is 0 Å². The number of unbranched alkanes of at least 4 members (excludes halogenated alkanes) is 5. The van der Waals surface area contributed by atoms with Crippen molar-refractivity contribution >= 4 is 0 Å². The number of hydrogen-bond donors (Lipinski definition) is 0. The lowest BCUT2D eigenvalue weighted by Crippen LogP contribution is -2.14. The maximum Gasteiger partial charge on any atom is -0.0218 e. The second-order valence-corrected chi connectivity index (χ2v) is 5.55. The molecule has 0 atom stereocenters. The third-order valence-corrected chi connectivity index (χ3v) is 3.19. The summed E-state index contributed by atoms with van der Waals surface area (Å²) in [6.07, 6.45) is 9.79. The highest BCUT2D eigenvalue weighted by Crippen LogP contribution is 2.31. The van der Waals surface area contributed by atoms with Crippen LogP contribution < -0.4 is 0 Å². The predicted octanol–water partition coefficient (Wildman–Crippen LogP) is 5.38. The van der Waals surface area contributed by atoms with Crippen LogP contribution in [0.3, 0.4) is 0 Å². The summed E-state index contributed by atoms with van der Waals surface area (Å²) in [6, 6.07) is 0. The minimum atomic E-state index is 0.420. The van der Waals surface area contributed by atoms with E-state index in [4.69, 9.17) is 0 Å². The fourth-order valence-electron chi connectivity index (χ4n) is 1.55. The van der Waals surface area contributed by atoms with Crippen molar-refractivity contribution in [2.24, 2.45) is 5.41 Å². The SMILES string of the molecule is CCCCCCCC[C](C)C(C)(C)C. The van der Waals surface area contributed by atoms with Gasteiger partial charge in [-0.2, -0.15) is 0 Å². The van der Waals surface area contributed by atoms with Crippen molar-refractivity contribution in [2.45, 2.75) is 79.6 Å². The normalized spacial score (nSPS) is 12.4. The summed E-state index contributed by atoms with van der Waals surface area (Å²) in [5.74, 6) is 1.66. The third-order valence-electron chi connectivity index (χ3n) is 3.19. The van der Waals surface area contributed by atoms with Crippen LogP contribution in [0.1, 0.15) is 79.6 Å². The summed E-state index contributed by atoms with van der Waals surface area (Å²) >= 11 is 0. The monoisotopic (exact) mass is 197 g/mol. The lowest BCUT2D eigenvalue weighted by molar-refractivity contribution is 0.400. The van der Waals surface area contributed by atoms with Gasteiger partial charge < -0.3 is 0 Å². The van der Waals surface area contributed by atoms with E-state index < -0.39 is 0 Å². The molecule has 0 unspecified atom stereocenters. The molecule has 14 heavy (non-hydrogen) atoms. The Morgan fingerprint density at radius 1 is 0.857 bits per heavy atom. The van der Waals surface area contributed by atoms with E-state index in [-0.39, 0.29) is 0 Å². The molecule has 0 amide bonds. The molecule has 0 N–H and O–H groups in total. The van der Waals surface area contributed by atoms with Gasteiger partial charge in [0, 0.05) is 0 Å². The van der Waals surface area contributed by atoms with Crippen LogP contribution in [-0.4, -0.2) is 0 Å². The van der Waals surface area contributed by atoms with Crippen molar-refractivity contribution < 1.29 is 0 Å². The van der Waals surface area contributed by atoms with Crippen LogP contribution in [0.5, 0.6) is 0 Å². The van der Waals surface area contributed by atoms with E-state index in [9.17, 15) is 0 Å². The van der Waals surface area contributed by atoms with Gasteiger partial charge in [0.15, 0.2) is 0 Å². The first-order chi connectivity index (χ1) is 6.48. The zero-order valence-electron chi connectivity index (χ0n) is 10.9. The Kier molecular flexibility index (Phi) is 7.31. The zero-order chi connectivity index (χ0) is 11.0. The number of rotatable bonds is 7. The quantitative estimate of drug-likeness (QED) is 0.481. The van der Waals surface area contributed by atoms with Gasteiger partial charge >= 0.3 is 0 Å². The Morgan fingerprint density at radius 3 is 1.86 bits per heavy atom. The van der Waals surface area contributed by atoms with E-state index in [0.29, 0.717) is 5.41 Å². The molecule has 0 heteroatoms. The summed E-state index contributed by atoms with van der Waals surface area (Å²) in [7, 11) is 0. The highest BCUT2D eigenvalue weighted by atomic mass is 14.2. The summed E-state index contributed by atoms with van der Waals surface area (Å²) in [5.41, 5.74) is 0.420. The van der Waals surface area contributed by atoms with Crippen molar-refractivity contribution in [3.63, 3.8) is 0 Å². The third kappa shape index (κ3) is 7.41. The van der Waals surface area contributed by atoms with E-state index in [1.807, 2.05) is 0 Å². The number of hydrogen-bond acceptors (Lipinski definition) is 0. The standard InChI is InChI=1S/C14H29/c1-6-7-8-9-10-11-12-13(2)14(3,4)5/h6-12H2,1-5H3. The Labute approximate surface area is 91.5 Å². The van der Waals surface area contributed by atoms with Gasteiger partial charge in [-0.3, -0.25) is 0 Å². The van der Waals surface area contributed by atoms with Crippen molar-refractivity contribution in [3.05, 3.63) is 5.92 Å². The summed E-state index contributed by atoms with van der Waals surface area (Å²) in [6.45, 7) is 11.5. The smallest absolute Gasteiger partial charge is 0.0218 e. The van der Waals surface area contributed by atoms with E-state index >= 15 is 0 Å². The molecule has 0 rings (SSSR count). The lowest BCUT2D eigenvalue weighted by Gasteiger charge is -2.26. The average Bonchev–Trinajstić information content (AvgIpc) is 2.09. The summed E-state index contributed by atoms with van der Waals surface area (Å²) in [5, 5.41) is 0. The summed E-state index contributed by atoms with van der Waals surface area (Å²) in [4.78, 5) is 0. The first kappa shape index (κ1) is 14.0. The Hall–Kier alpha value is 0. The van der Waals surface area contributed by atoms with Gasteiger partial charge in [0.25, 0.3) is 0 Å². The first-order valence-electron chi connectivity index (χ1n) is 6.31. The minimum absolute atomic E-state index is 0.420. The molecule has 0 aromatic rings. The Bertz CT molecular complexity index is 118. The molecule has 1 radical (unpaired) electrons. The fraction of sp³-hybridized carbons (Fsp3) is 0.929. The molecule has 0 fully saturated rings.